The number of nitrogens with zero attached hydrogens (tertiary/aromatic N) is 2. The second kappa shape index (κ2) is 7.60. The van der Waals surface area contributed by atoms with Crippen molar-refractivity contribution < 1.29 is 14.3 Å². The average molecular weight is 370 g/mol. The molecule has 1 heterocycles. The molecule has 0 saturated carbocycles. The number of halogens is 1. The number of hydrogen-bond acceptors (Lipinski definition) is 4. The molecule has 0 spiro atoms. The lowest BCUT2D eigenvalue weighted by Gasteiger charge is -2.37. The summed E-state index contributed by atoms with van der Waals surface area (Å²) in [5.74, 6) is -0.386. The summed E-state index contributed by atoms with van der Waals surface area (Å²) in [6, 6.07) is 7.08. The van der Waals surface area contributed by atoms with Crippen molar-refractivity contribution in [1.82, 2.24) is 9.80 Å². The van der Waals surface area contributed by atoms with Crippen LogP contribution in [0.2, 0.25) is 0 Å². The van der Waals surface area contributed by atoms with Crippen LogP contribution in [-0.4, -0.2) is 54.6 Å². The first-order valence-electron chi connectivity index (χ1n) is 7.23. The number of ether oxygens (including phenoxy) is 1. The first kappa shape index (κ1) is 16.8. The Hall–Kier alpha value is -1.60. The van der Waals surface area contributed by atoms with E-state index in [0.717, 1.165) is 10.0 Å². The molecule has 2 N–H and O–H groups in total. The summed E-state index contributed by atoms with van der Waals surface area (Å²) in [4.78, 5) is 27.3. The van der Waals surface area contributed by atoms with Gasteiger partial charge in [0.15, 0.2) is 0 Å². The summed E-state index contributed by atoms with van der Waals surface area (Å²) in [5.41, 5.74) is 6.44. The molecular weight excluding hydrogens is 350 g/mol. The van der Waals surface area contributed by atoms with Gasteiger partial charge in [0, 0.05) is 30.7 Å². The smallest absolute Gasteiger partial charge is 0.409 e. The van der Waals surface area contributed by atoms with Crippen molar-refractivity contribution in [1.29, 1.82) is 0 Å². The third kappa shape index (κ3) is 3.98. The maximum atomic E-state index is 11.9. The number of nitrogens with two attached hydrogens (primary N) is 1. The van der Waals surface area contributed by atoms with Crippen LogP contribution in [0.3, 0.4) is 0 Å². The van der Waals surface area contributed by atoms with Gasteiger partial charge >= 0.3 is 6.09 Å². The largest absolute Gasteiger partial charge is 0.450 e. The fourth-order valence-corrected chi connectivity index (χ4v) is 3.03. The molecule has 1 saturated heterocycles. The third-order valence-corrected chi connectivity index (χ3v) is 4.13. The van der Waals surface area contributed by atoms with Gasteiger partial charge in [-0.1, -0.05) is 28.1 Å². The van der Waals surface area contributed by atoms with Gasteiger partial charge in [0.1, 0.15) is 6.04 Å². The van der Waals surface area contributed by atoms with E-state index in [2.05, 4.69) is 15.9 Å². The van der Waals surface area contributed by atoms with Crippen LogP contribution in [-0.2, 0) is 9.53 Å². The van der Waals surface area contributed by atoms with E-state index in [0.29, 0.717) is 32.8 Å². The summed E-state index contributed by atoms with van der Waals surface area (Å²) in [6.45, 7) is 4.36. The van der Waals surface area contributed by atoms with Crippen LogP contribution >= 0.6 is 15.9 Å². The van der Waals surface area contributed by atoms with Crippen molar-refractivity contribution in [2.75, 3.05) is 32.8 Å². The van der Waals surface area contributed by atoms with Gasteiger partial charge in [-0.15, -0.1) is 0 Å². The SMILES string of the molecule is CCOC(=O)N1CCN(C(C(N)=O)c2cccc(Br)c2)CC1. The third-order valence-electron chi connectivity index (χ3n) is 3.64. The van der Waals surface area contributed by atoms with Gasteiger partial charge in [0.25, 0.3) is 0 Å². The molecule has 22 heavy (non-hydrogen) atoms. The zero-order valence-electron chi connectivity index (χ0n) is 12.5. The van der Waals surface area contributed by atoms with Gasteiger partial charge in [-0.3, -0.25) is 9.69 Å². The average Bonchev–Trinajstić information content (AvgIpc) is 2.48. The molecule has 0 aromatic heterocycles. The molecule has 120 valence electrons. The zero-order chi connectivity index (χ0) is 16.1. The number of carbonyl (C=O) groups excluding carboxylic acids is 2. The van der Waals surface area contributed by atoms with Crippen LogP contribution in [0.5, 0.6) is 0 Å². The maximum absolute atomic E-state index is 11.9. The minimum atomic E-state index is -0.484. The second-order valence-electron chi connectivity index (χ2n) is 5.08. The van der Waals surface area contributed by atoms with Gasteiger partial charge in [-0.2, -0.15) is 0 Å². The fourth-order valence-electron chi connectivity index (χ4n) is 2.61. The van der Waals surface area contributed by atoms with E-state index in [1.807, 2.05) is 29.2 Å². The van der Waals surface area contributed by atoms with E-state index in [-0.39, 0.29) is 12.0 Å². The molecule has 1 aliphatic heterocycles. The van der Waals surface area contributed by atoms with Gasteiger partial charge < -0.3 is 15.4 Å². The van der Waals surface area contributed by atoms with Crippen LogP contribution in [0.25, 0.3) is 0 Å². The molecule has 2 amide bonds. The molecule has 1 aliphatic rings. The lowest BCUT2D eigenvalue weighted by molar-refractivity contribution is -0.124. The molecule has 7 heteroatoms. The second-order valence-corrected chi connectivity index (χ2v) is 6.00. The summed E-state index contributed by atoms with van der Waals surface area (Å²) >= 11 is 3.41. The first-order valence-corrected chi connectivity index (χ1v) is 8.02. The first-order chi connectivity index (χ1) is 10.5. The lowest BCUT2D eigenvalue weighted by atomic mass is 10.0. The quantitative estimate of drug-likeness (QED) is 0.876. The minimum absolute atomic E-state index is 0.305. The van der Waals surface area contributed by atoms with E-state index in [9.17, 15) is 9.59 Å². The van der Waals surface area contributed by atoms with Crippen LogP contribution in [0.15, 0.2) is 28.7 Å². The van der Waals surface area contributed by atoms with Crippen molar-refractivity contribution in [3.63, 3.8) is 0 Å². The highest BCUT2D eigenvalue weighted by Crippen LogP contribution is 2.24. The van der Waals surface area contributed by atoms with E-state index in [1.54, 1.807) is 11.8 Å². The van der Waals surface area contributed by atoms with E-state index in [1.165, 1.54) is 0 Å². The number of rotatable bonds is 4. The Morgan fingerprint density at radius 2 is 2.00 bits per heavy atom. The number of primary amides is 1. The zero-order valence-corrected chi connectivity index (χ0v) is 14.1. The molecule has 0 bridgehead atoms. The van der Waals surface area contributed by atoms with E-state index >= 15 is 0 Å². The molecule has 1 aromatic carbocycles. The van der Waals surface area contributed by atoms with Crippen LogP contribution < -0.4 is 5.73 Å². The Kier molecular flexibility index (Phi) is 5.79. The molecule has 2 rings (SSSR count). The summed E-state index contributed by atoms with van der Waals surface area (Å²) in [6.07, 6.45) is -0.305. The number of hydrogen-bond donors (Lipinski definition) is 1. The number of piperazine rings is 1. The molecule has 1 atom stereocenters. The highest BCUT2D eigenvalue weighted by atomic mass is 79.9. The Morgan fingerprint density at radius 3 is 2.55 bits per heavy atom. The topological polar surface area (TPSA) is 75.9 Å². The van der Waals surface area contributed by atoms with Crippen molar-refractivity contribution in [3.8, 4) is 0 Å². The monoisotopic (exact) mass is 369 g/mol. The predicted molar refractivity (Wildman–Crippen MR) is 86.2 cm³/mol. The van der Waals surface area contributed by atoms with E-state index in [4.69, 9.17) is 10.5 Å². The Morgan fingerprint density at radius 1 is 1.32 bits per heavy atom. The standard InChI is InChI=1S/C15H20BrN3O3/c1-2-22-15(21)19-8-6-18(7-9-19)13(14(17)20)11-4-3-5-12(16)10-11/h3-5,10,13H,2,6-9H2,1H3,(H2,17,20). The van der Waals surface area contributed by atoms with Crippen molar-refractivity contribution in [2.45, 2.75) is 13.0 Å². The van der Waals surface area contributed by atoms with Gasteiger partial charge in [0.05, 0.1) is 6.61 Å². The highest BCUT2D eigenvalue weighted by Gasteiger charge is 2.30. The van der Waals surface area contributed by atoms with Crippen LogP contribution in [0.4, 0.5) is 4.79 Å². The molecule has 1 unspecified atom stereocenters. The predicted octanol–water partition coefficient (Wildman–Crippen LogP) is 1.75. The highest BCUT2D eigenvalue weighted by molar-refractivity contribution is 9.10. The van der Waals surface area contributed by atoms with Crippen molar-refractivity contribution in [2.24, 2.45) is 5.73 Å². The molecule has 0 aliphatic carbocycles. The maximum Gasteiger partial charge on any atom is 0.409 e. The van der Waals surface area contributed by atoms with E-state index < -0.39 is 6.04 Å². The fraction of sp³-hybridized carbons (Fsp3) is 0.467. The molecule has 0 radical (unpaired) electrons. The Labute approximate surface area is 138 Å². The lowest BCUT2D eigenvalue weighted by Crippen LogP contribution is -2.52. The summed E-state index contributed by atoms with van der Waals surface area (Å²) in [7, 11) is 0. The summed E-state index contributed by atoms with van der Waals surface area (Å²) < 4.78 is 5.90. The molecule has 6 nitrogen and oxygen atoms in total. The van der Waals surface area contributed by atoms with Crippen molar-refractivity contribution >= 4 is 27.9 Å². The number of carbonyl (C=O) groups is 2. The molecular formula is C15H20BrN3O3. The number of amides is 2. The Bertz CT molecular complexity index is 545. The molecule has 1 aromatic rings. The normalized spacial score (nSPS) is 17.1. The van der Waals surface area contributed by atoms with Crippen LogP contribution in [0, 0.1) is 0 Å². The minimum Gasteiger partial charge on any atom is -0.450 e. The Balaban J connectivity index is 2.06. The van der Waals surface area contributed by atoms with Gasteiger partial charge in [0.2, 0.25) is 5.91 Å². The van der Waals surface area contributed by atoms with Crippen molar-refractivity contribution in [3.05, 3.63) is 34.3 Å². The van der Waals surface area contributed by atoms with Crippen LogP contribution in [0.1, 0.15) is 18.5 Å². The summed E-state index contributed by atoms with van der Waals surface area (Å²) in [5, 5.41) is 0. The number of benzene rings is 1. The van der Waals surface area contributed by atoms with Gasteiger partial charge in [-0.05, 0) is 24.6 Å². The van der Waals surface area contributed by atoms with Gasteiger partial charge in [-0.25, -0.2) is 4.79 Å². The molecule has 1 fully saturated rings.